The van der Waals surface area contributed by atoms with Gasteiger partial charge in [-0.15, -0.1) is 11.6 Å². The van der Waals surface area contributed by atoms with Crippen LogP contribution in [0.5, 0.6) is 0 Å². The van der Waals surface area contributed by atoms with E-state index in [0.717, 1.165) is 6.42 Å². The molecule has 0 heterocycles. The van der Waals surface area contributed by atoms with Gasteiger partial charge in [0.05, 0.1) is 5.38 Å². The summed E-state index contributed by atoms with van der Waals surface area (Å²) in [6, 6.07) is 0. The van der Waals surface area contributed by atoms with Gasteiger partial charge in [0.25, 0.3) is 0 Å². The quantitative estimate of drug-likeness (QED) is 0.457. The molecule has 0 aromatic carbocycles. The fourth-order valence-corrected chi connectivity index (χ4v) is 1.21. The lowest BCUT2D eigenvalue weighted by molar-refractivity contribution is 0.914. The molecule has 0 spiro atoms. The molecule has 1 aliphatic rings. The molecule has 0 fully saturated rings. The smallest absolute Gasteiger partial charge is 0.0582 e. The number of hydrogen-bond donors (Lipinski definition) is 0. The van der Waals surface area contributed by atoms with E-state index in [-0.39, 0.29) is 5.38 Å². The lowest BCUT2D eigenvalue weighted by atomic mass is 10.0. The normalized spacial score (nSPS) is 27.2. The zero-order valence-electron chi connectivity index (χ0n) is 5.82. The molecule has 0 nitrogen and oxygen atoms in total. The molecule has 0 aromatic heterocycles. The van der Waals surface area contributed by atoms with E-state index in [2.05, 4.69) is 26.0 Å². The van der Waals surface area contributed by atoms with Crippen LogP contribution in [0, 0.1) is 0 Å². The number of rotatable bonds is 0. The molecule has 0 saturated carbocycles. The molecule has 1 atom stereocenters. The van der Waals surface area contributed by atoms with Gasteiger partial charge in [0.15, 0.2) is 0 Å². The Labute approximate surface area is 61.2 Å². The van der Waals surface area contributed by atoms with E-state index in [1.807, 2.05) is 0 Å². The summed E-state index contributed by atoms with van der Waals surface area (Å²) in [7, 11) is 0. The summed E-state index contributed by atoms with van der Waals surface area (Å²) in [6.45, 7) is 4.18. The first-order chi connectivity index (χ1) is 4.20. The first-order valence-electron chi connectivity index (χ1n) is 3.18. The third-order valence-electron chi connectivity index (χ3n) is 1.63. The zero-order valence-corrected chi connectivity index (χ0v) is 6.57. The number of allylic oxidation sites excluding steroid dienone is 4. The minimum absolute atomic E-state index is 0.245. The van der Waals surface area contributed by atoms with Crippen LogP contribution in [0.1, 0.15) is 20.3 Å². The van der Waals surface area contributed by atoms with Gasteiger partial charge in [0.1, 0.15) is 0 Å². The van der Waals surface area contributed by atoms with Crippen LogP contribution in [0.3, 0.4) is 0 Å². The lowest BCUT2D eigenvalue weighted by Gasteiger charge is -2.13. The average molecular weight is 143 g/mol. The SMILES string of the molecule is CC1=CC=C(C)[C@@H](Cl)C1. The van der Waals surface area contributed by atoms with E-state index in [4.69, 9.17) is 11.6 Å². The van der Waals surface area contributed by atoms with Crippen LogP contribution in [-0.2, 0) is 0 Å². The van der Waals surface area contributed by atoms with Crippen molar-refractivity contribution in [3.63, 3.8) is 0 Å². The highest BCUT2D eigenvalue weighted by Gasteiger charge is 2.09. The van der Waals surface area contributed by atoms with Crippen molar-refractivity contribution < 1.29 is 0 Å². The molecular formula is C8H11Cl. The van der Waals surface area contributed by atoms with Crippen molar-refractivity contribution >= 4 is 11.6 Å². The first kappa shape index (κ1) is 6.88. The summed E-state index contributed by atoms with van der Waals surface area (Å²) >= 11 is 5.95. The van der Waals surface area contributed by atoms with E-state index in [0.29, 0.717) is 0 Å². The lowest BCUT2D eigenvalue weighted by Crippen LogP contribution is -2.03. The van der Waals surface area contributed by atoms with E-state index in [1.165, 1.54) is 11.1 Å². The van der Waals surface area contributed by atoms with Gasteiger partial charge in [0, 0.05) is 0 Å². The van der Waals surface area contributed by atoms with Gasteiger partial charge in [-0.05, 0) is 20.3 Å². The van der Waals surface area contributed by atoms with Gasteiger partial charge in [-0.1, -0.05) is 23.3 Å². The summed E-state index contributed by atoms with van der Waals surface area (Å²) < 4.78 is 0. The van der Waals surface area contributed by atoms with Gasteiger partial charge < -0.3 is 0 Å². The van der Waals surface area contributed by atoms with Gasteiger partial charge in [-0.3, -0.25) is 0 Å². The first-order valence-corrected chi connectivity index (χ1v) is 3.62. The standard InChI is InChI=1S/C8H11Cl/c1-6-3-4-7(2)8(9)5-6/h3-4,8H,5H2,1-2H3/t8-/m0/s1. The van der Waals surface area contributed by atoms with Crippen molar-refractivity contribution in [2.24, 2.45) is 0 Å². The van der Waals surface area contributed by atoms with E-state index < -0.39 is 0 Å². The Hall–Kier alpha value is -0.230. The van der Waals surface area contributed by atoms with Crippen molar-refractivity contribution in [2.75, 3.05) is 0 Å². The second kappa shape index (κ2) is 2.57. The van der Waals surface area contributed by atoms with Crippen LogP contribution in [-0.4, -0.2) is 5.38 Å². The molecule has 0 bridgehead atoms. The molecule has 1 heteroatoms. The number of alkyl halides is 1. The zero-order chi connectivity index (χ0) is 6.85. The third kappa shape index (κ3) is 1.59. The van der Waals surface area contributed by atoms with Crippen molar-refractivity contribution in [3.8, 4) is 0 Å². The Bertz CT molecular complexity index is 165. The minimum Gasteiger partial charge on any atom is -0.118 e. The van der Waals surface area contributed by atoms with Gasteiger partial charge in [-0.2, -0.15) is 0 Å². The largest absolute Gasteiger partial charge is 0.118 e. The highest BCUT2D eigenvalue weighted by molar-refractivity contribution is 6.22. The Morgan fingerprint density at radius 2 is 2.11 bits per heavy atom. The molecule has 0 aliphatic heterocycles. The summed E-state index contributed by atoms with van der Waals surface area (Å²) in [5.74, 6) is 0. The summed E-state index contributed by atoms with van der Waals surface area (Å²) in [4.78, 5) is 0. The fraction of sp³-hybridized carbons (Fsp3) is 0.500. The van der Waals surface area contributed by atoms with Gasteiger partial charge in [-0.25, -0.2) is 0 Å². The maximum absolute atomic E-state index is 5.95. The van der Waals surface area contributed by atoms with Crippen LogP contribution in [0.15, 0.2) is 23.3 Å². The Balaban J connectivity index is 2.74. The molecule has 0 unspecified atom stereocenters. The van der Waals surface area contributed by atoms with E-state index in [1.54, 1.807) is 0 Å². The third-order valence-corrected chi connectivity index (χ3v) is 2.12. The molecule has 1 rings (SSSR count). The molecule has 9 heavy (non-hydrogen) atoms. The Kier molecular flexibility index (Phi) is 1.97. The topological polar surface area (TPSA) is 0 Å². The molecule has 0 amide bonds. The minimum atomic E-state index is 0.245. The average Bonchev–Trinajstić information content (AvgIpc) is 1.80. The molecular weight excluding hydrogens is 132 g/mol. The van der Waals surface area contributed by atoms with Gasteiger partial charge >= 0.3 is 0 Å². The predicted octanol–water partition coefficient (Wildman–Crippen LogP) is 2.89. The monoisotopic (exact) mass is 142 g/mol. The molecule has 0 N–H and O–H groups in total. The molecule has 0 saturated heterocycles. The van der Waals surface area contributed by atoms with Crippen molar-refractivity contribution in [1.82, 2.24) is 0 Å². The van der Waals surface area contributed by atoms with Crippen molar-refractivity contribution in [2.45, 2.75) is 25.6 Å². The van der Waals surface area contributed by atoms with Crippen LogP contribution < -0.4 is 0 Å². The van der Waals surface area contributed by atoms with E-state index in [9.17, 15) is 0 Å². The Morgan fingerprint density at radius 3 is 2.56 bits per heavy atom. The van der Waals surface area contributed by atoms with Crippen molar-refractivity contribution in [3.05, 3.63) is 23.3 Å². The molecule has 1 aliphatic carbocycles. The maximum atomic E-state index is 5.95. The van der Waals surface area contributed by atoms with Crippen LogP contribution in [0.2, 0.25) is 0 Å². The fourth-order valence-electron chi connectivity index (χ4n) is 0.890. The summed E-state index contributed by atoms with van der Waals surface area (Å²) in [5.41, 5.74) is 2.66. The van der Waals surface area contributed by atoms with Crippen LogP contribution >= 0.6 is 11.6 Å². The molecule has 0 aromatic rings. The Morgan fingerprint density at radius 1 is 1.44 bits per heavy atom. The van der Waals surface area contributed by atoms with Crippen LogP contribution in [0.25, 0.3) is 0 Å². The molecule has 0 radical (unpaired) electrons. The van der Waals surface area contributed by atoms with Crippen molar-refractivity contribution in [1.29, 1.82) is 0 Å². The molecule has 50 valence electrons. The van der Waals surface area contributed by atoms with Gasteiger partial charge in [0.2, 0.25) is 0 Å². The maximum Gasteiger partial charge on any atom is 0.0582 e. The second-order valence-corrected chi connectivity index (χ2v) is 3.12. The highest BCUT2D eigenvalue weighted by Crippen LogP contribution is 2.22. The highest BCUT2D eigenvalue weighted by atomic mass is 35.5. The van der Waals surface area contributed by atoms with Crippen LogP contribution in [0.4, 0.5) is 0 Å². The van der Waals surface area contributed by atoms with E-state index >= 15 is 0 Å². The summed E-state index contributed by atoms with van der Waals surface area (Å²) in [6.07, 6.45) is 5.24. The summed E-state index contributed by atoms with van der Waals surface area (Å²) in [5, 5.41) is 0.245. The second-order valence-electron chi connectivity index (χ2n) is 2.60. The predicted molar refractivity (Wildman–Crippen MR) is 41.8 cm³/mol. The number of hydrogen-bond acceptors (Lipinski definition) is 0. The number of halogens is 1.